The second-order valence-corrected chi connectivity index (χ2v) is 6.91. The van der Waals surface area contributed by atoms with Crippen LogP contribution in [0.25, 0.3) is 0 Å². The minimum absolute atomic E-state index is 0.147. The Morgan fingerprint density at radius 1 is 1.35 bits per heavy atom. The Labute approximate surface area is 106 Å². The third kappa shape index (κ3) is 4.30. The van der Waals surface area contributed by atoms with Crippen LogP contribution in [0.1, 0.15) is 47.0 Å². The summed E-state index contributed by atoms with van der Waals surface area (Å²) in [5, 5.41) is 0. The second-order valence-electron chi connectivity index (χ2n) is 6.91. The van der Waals surface area contributed by atoms with Crippen LogP contribution < -0.4 is 5.73 Å². The molecule has 1 aliphatic carbocycles. The summed E-state index contributed by atoms with van der Waals surface area (Å²) in [6.07, 6.45) is 2.94. The molecule has 0 bridgehead atoms. The van der Waals surface area contributed by atoms with Crippen molar-refractivity contribution in [1.82, 2.24) is 4.90 Å². The van der Waals surface area contributed by atoms with Gasteiger partial charge in [-0.05, 0) is 30.6 Å². The van der Waals surface area contributed by atoms with Gasteiger partial charge in [0.1, 0.15) is 0 Å². The molecule has 2 N–H and O–H groups in total. The highest BCUT2D eigenvalue weighted by molar-refractivity contribution is 5.78. The standard InChI is InChI=1S/C14H28N2O/c1-10-6-7-11(8-12(10)15)13(17)16(5)9-14(2,3)4/h10-12H,6-9,15H2,1-5H3. The van der Waals surface area contributed by atoms with E-state index < -0.39 is 0 Å². The Morgan fingerprint density at radius 2 is 1.94 bits per heavy atom. The molecular formula is C14H28N2O. The lowest BCUT2D eigenvalue weighted by atomic mass is 9.79. The molecule has 0 radical (unpaired) electrons. The molecule has 0 aromatic carbocycles. The monoisotopic (exact) mass is 240 g/mol. The number of carbonyl (C=O) groups excluding carboxylic acids is 1. The molecule has 3 unspecified atom stereocenters. The van der Waals surface area contributed by atoms with Gasteiger partial charge in [-0.2, -0.15) is 0 Å². The van der Waals surface area contributed by atoms with E-state index in [2.05, 4.69) is 27.7 Å². The molecule has 17 heavy (non-hydrogen) atoms. The van der Waals surface area contributed by atoms with Gasteiger partial charge in [-0.1, -0.05) is 27.7 Å². The molecule has 100 valence electrons. The lowest BCUT2D eigenvalue weighted by Crippen LogP contribution is -2.44. The number of nitrogens with two attached hydrogens (primary N) is 1. The highest BCUT2D eigenvalue weighted by Gasteiger charge is 2.31. The summed E-state index contributed by atoms with van der Waals surface area (Å²) in [6.45, 7) is 9.47. The van der Waals surface area contributed by atoms with Gasteiger partial charge in [-0.3, -0.25) is 4.79 Å². The first-order valence-corrected chi connectivity index (χ1v) is 6.71. The zero-order valence-electron chi connectivity index (χ0n) is 12.0. The number of carbonyl (C=O) groups is 1. The summed E-state index contributed by atoms with van der Waals surface area (Å²) >= 11 is 0. The van der Waals surface area contributed by atoms with Crippen molar-refractivity contribution in [2.75, 3.05) is 13.6 Å². The minimum atomic E-state index is 0.147. The zero-order valence-corrected chi connectivity index (χ0v) is 12.0. The van der Waals surface area contributed by atoms with Gasteiger partial charge in [0.15, 0.2) is 0 Å². The van der Waals surface area contributed by atoms with E-state index >= 15 is 0 Å². The maximum absolute atomic E-state index is 12.3. The predicted molar refractivity (Wildman–Crippen MR) is 71.6 cm³/mol. The molecule has 3 nitrogen and oxygen atoms in total. The van der Waals surface area contributed by atoms with Crippen molar-refractivity contribution in [3.63, 3.8) is 0 Å². The van der Waals surface area contributed by atoms with Gasteiger partial charge in [0.05, 0.1) is 0 Å². The van der Waals surface area contributed by atoms with E-state index in [1.807, 2.05) is 11.9 Å². The Balaban J connectivity index is 2.53. The van der Waals surface area contributed by atoms with Crippen LogP contribution in [0.15, 0.2) is 0 Å². The fourth-order valence-corrected chi connectivity index (χ4v) is 2.68. The Morgan fingerprint density at radius 3 is 2.41 bits per heavy atom. The maximum atomic E-state index is 12.3. The van der Waals surface area contributed by atoms with Gasteiger partial charge in [-0.15, -0.1) is 0 Å². The lowest BCUT2D eigenvalue weighted by molar-refractivity contribution is -0.136. The van der Waals surface area contributed by atoms with Crippen molar-refractivity contribution in [2.45, 2.75) is 53.0 Å². The van der Waals surface area contributed by atoms with Crippen LogP contribution in [0.2, 0.25) is 0 Å². The van der Waals surface area contributed by atoms with Crippen molar-refractivity contribution in [3.8, 4) is 0 Å². The van der Waals surface area contributed by atoms with E-state index in [0.29, 0.717) is 5.92 Å². The summed E-state index contributed by atoms with van der Waals surface area (Å²) in [4.78, 5) is 14.2. The minimum Gasteiger partial charge on any atom is -0.345 e. The molecule has 1 saturated carbocycles. The van der Waals surface area contributed by atoms with Crippen molar-refractivity contribution in [2.24, 2.45) is 23.0 Å². The number of nitrogens with zero attached hydrogens (tertiary/aromatic N) is 1. The second kappa shape index (κ2) is 5.38. The van der Waals surface area contributed by atoms with Gasteiger partial charge in [0, 0.05) is 25.6 Å². The van der Waals surface area contributed by atoms with Gasteiger partial charge in [-0.25, -0.2) is 0 Å². The van der Waals surface area contributed by atoms with E-state index in [-0.39, 0.29) is 23.3 Å². The van der Waals surface area contributed by atoms with Gasteiger partial charge >= 0.3 is 0 Å². The zero-order chi connectivity index (χ0) is 13.2. The van der Waals surface area contributed by atoms with E-state index in [0.717, 1.165) is 25.8 Å². The first-order chi connectivity index (χ1) is 7.70. The maximum Gasteiger partial charge on any atom is 0.225 e. The van der Waals surface area contributed by atoms with E-state index in [4.69, 9.17) is 5.73 Å². The molecule has 1 amide bonds. The SMILES string of the molecule is CC1CCC(C(=O)N(C)CC(C)(C)C)CC1N. The molecule has 0 aromatic rings. The van der Waals surface area contributed by atoms with Crippen molar-refractivity contribution < 1.29 is 4.79 Å². The first-order valence-electron chi connectivity index (χ1n) is 6.71. The quantitative estimate of drug-likeness (QED) is 0.804. The molecule has 3 atom stereocenters. The van der Waals surface area contributed by atoms with Gasteiger partial charge in [0.2, 0.25) is 5.91 Å². The topological polar surface area (TPSA) is 46.3 Å². The van der Waals surface area contributed by atoms with Crippen LogP contribution in [-0.2, 0) is 4.79 Å². The van der Waals surface area contributed by atoms with Crippen LogP contribution >= 0.6 is 0 Å². The van der Waals surface area contributed by atoms with Gasteiger partial charge in [0.25, 0.3) is 0 Å². The van der Waals surface area contributed by atoms with Crippen LogP contribution in [-0.4, -0.2) is 30.4 Å². The molecule has 0 aromatic heterocycles. The molecular weight excluding hydrogens is 212 g/mol. The molecule has 1 fully saturated rings. The van der Waals surface area contributed by atoms with E-state index in [1.165, 1.54) is 0 Å². The molecule has 0 heterocycles. The third-order valence-electron chi connectivity index (χ3n) is 3.70. The fraction of sp³-hybridized carbons (Fsp3) is 0.929. The predicted octanol–water partition coefficient (Wildman–Crippen LogP) is 2.25. The third-order valence-corrected chi connectivity index (χ3v) is 3.70. The van der Waals surface area contributed by atoms with Crippen LogP contribution in [0, 0.1) is 17.3 Å². The van der Waals surface area contributed by atoms with E-state index in [1.54, 1.807) is 0 Å². The number of hydrogen-bond acceptors (Lipinski definition) is 2. The number of hydrogen-bond donors (Lipinski definition) is 1. The lowest BCUT2D eigenvalue weighted by Gasteiger charge is -2.35. The molecule has 0 spiro atoms. The fourth-order valence-electron chi connectivity index (χ4n) is 2.68. The molecule has 0 saturated heterocycles. The number of rotatable bonds is 2. The van der Waals surface area contributed by atoms with Crippen molar-refractivity contribution in [1.29, 1.82) is 0 Å². The average Bonchev–Trinajstić information content (AvgIpc) is 2.18. The highest BCUT2D eigenvalue weighted by atomic mass is 16.2. The largest absolute Gasteiger partial charge is 0.345 e. The van der Waals surface area contributed by atoms with Crippen LogP contribution in [0.4, 0.5) is 0 Å². The molecule has 1 rings (SSSR count). The Hall–Kier alpha value is -0.570. The van der Waals surface area contributed by atoms with Crippen LogP contribution in [0.3, 0.4) is 0 Å². The summed E-state index contributed by atoms with van der Waals surface area (Å²) in [5.41, 5.74) is 6.22. The van der Waals surface area contributed by atoms with Crippen molar-refractivity contribution >= 4 is 5.91 Å². The summed E-state index contributed by atoms with van der Waals surface area (Å²) in [6, 6.07) is 0.195. The normalized spacial score (nSPS) is 30.1. The van der Waals surface area contributed by atoms with Crippen LogP contribution in [0.5, 0.6) is 0 Å². The summed E-state index contributed by atoms with van der Waals surface area (Å²) in [7, 11) is 1.91. The smallest absolute Gasteiger partial charge is 0.225 e. The number of amides is 1. The molecule has 1 aliphatic rings. The Bertz CT molecular complexity index is 270. The average molecular weight is 240 g/mol. The van der Waals surface area contributed by atoms with E-state index in [9.17, 15) is 4.79 Å². The highest BCUT2D eigenvalue weighted by Crippen LogP contribution is 2.29. The van der Waals surface area contributed by atoms with Crippen molar-refractivity contribution in [3.05, 3.63) is 0 Å². The molecule has 0 aliphatic heterocycles. The molecule has 3 heteroatoms. The Kier molecular flexibility index (Phi) is 4.59. The first kappa shape index (κ1) is 14.5. The summed E-state index contributed by atoms with van der Waals surface area (Å²) in [5.74, 6) is 0.989. The summed E-state index contributed by atoms with van der Waals surface area (Å²) < 4.78 is 0. The van der Waals surface area contributed by atoms with Gasteiger partial charge < -0.3 is 10.6 Å².